The van der Waals surface area contributed by atoms with Gasteiger partial charge in [0.05, 0.1) is 6.61 Å². The van der Waals surface area contributed by atoms with Gasteiger partial charge in [0.25, 0.3) is 0 Å². The van der Waals surface area contributed by atoms with Gasteiger partial charge in [-0.15, -0.1) is 0 Å². The first-order chi connectivity index (χ1) is 8.03. The van der Waals surface area contributed by atoms with Crippen LogP contribution in [0.1, 0.15) is 13.3 Å². The Hall–Kier alpha value is -0.860. The Morgan fingerprint density at radius 1 is 1.53 bits per heavy atom. The minimum absolute atomic E-state index is 0.147. The van der Waals surface area contributed by atoms with Crippen LogP contribution in [-0.4, -0.2) is 51.1 Å². The van der Waals surface area contributed by atoms with E-state index in [9.17, 15) is 13.2 Å². The van der Waals surface area contributed by atoms with Crippen molar-refractivity contribution >= 4 is 16.3 Å². The van der Waals surface area contributed by atoms with Gasteiger partial charge < -0.3 is 10.1 Å². The van der Waals surface area contributed by atoms with Crippen LogP contribution in [0, 0.1) is 5.92 Å². The van der Waals surface area contributed by atoms with Crippen LogP contribution in [0.2, 0.25) is 0 Å². The van der Waals surface area contributed by atoms with Gasteiger partial charge in [-0.2, -0.15) is 12.7 Å². The van der Waals surface area contributed by atoms with Gasteiger partial charge in [0.2, 0.25) is 0 Å². The lowest BCUT2D eigenvalue weighted by Gasteiger charge is -2.17. The van der Waals surface area contributed by atoms with E-state index in [1.807, 2.05) is 4.72 Å². The van der Waals surface area contributed by atoms with E-state index in [2.05, 4.69) is 10.1 Å². The van der Waals surface area contributed by atoms with E-state index >= 15 is 0 Å². The second kappa shape index (κ2) is 4.79. The minimum atomic E-state index is -3.75. The molecule has 8 heteroatoms. The van der Waals surface area contributed by atoms with Crippen LogP contribution in [0.5, 0.6) is 0 Å². The van der Waals surface area contributed by atoms with Crippen LogP contribution >= 0.6 is 0 Å². The second-order valence-corrected chi connectivity index (χ2v) is 5.92. The Labute approximate surface area is 101 Å². The van der Waals surface area contributed by atoms with Crippen molar-refractivity contribution in [1.82, 2.24) is 14.3 Å². The summed E-state index contributed by atoms with van der Waals surface area (Å²) in [7, 11) is -3.75. The van der Waals surface area contributed by atoms with Crippen molar-refractivity contribution < 1.29 is 17.9 Å². The van der Waals surface area contributed by atoms with Crippen molar-refractivity contribution in [2.45, 2.75) is 19.4 Å². The van der Waals surface area contributed by atoms with Gasteiger partial charge in [-0.25, -0.2) is 9.52 Å². The number of hydrogen-bond donors (Lipinski definition) is 2. The number of amides is 1. The molecule has 2 fully saturated rings. The van der Waals surface area contributed by atoms with Gasteiger partial charge in [-0.1, -0.05) is 0 Å². The summed E-state index contributed by atoms with van der Waals surface area (Å²) < 4.78 is 31.4. The summed E-state index contributed by atoms with van der Waals surface area (Å²) in [5.74, 6) is 0.355. The zero-order valence-corrected chi connectivity index (χ0v) is 10.5. The lowest BCUT2D eigenvalue weighted by molar-refractivity contribution is 0.158. The van der Waals surface area contributed by atoms with E-state index in [1.165, 1.54) is 4.31 Å². The Bertz CT molecular complexity index is 385. The molecule has 0 aliphatic carbocycles. The van der Waals surface area contributed by atoms with Gasteiger partial charge in [0.1, 0.15) is 0 Å². The normalized spacial score (nSPS) is 29.0. The molecule has 0 aromatic rings. The molecule has 1 amide bonds. The van der Waals surface area contributed by atoms with E-state index < -0.39 is 16.3 Å². The molecule has 2 atom stereocenters. The van der Waals surface area contributed by atoms with E-state index in [4.69, 9.17) is 0 Å². The summed E-state index contributed by atoms with van der Waals surface area (Å²) >= 11 is 0. The Morgan fingerprint density at radius 2 is 2.29 bits per heavy atom. The third-order valence-electron chi connectivity index (χ3n) is 3.16. The third kappa shape index (κ3) is 2.70. The average Bonchev–Trinajstić information content (AvgIpc) is 2.75. The van der Waals surface area contributed by atoms with Crippen LogP contribution < -0.4 is 10.0 Å². The zero-order valence-electron chi connectivity index (χ0n) is 9.68. The fraction of sp³-hybridized carbons (Fsp3) is 0.889. The van der Waals surface area contributed by atoms with Gasteiger partial charge in [0, 0.05) is 19.1 Å². The molecule has 0 spiro atoms. The predicted octanol–water partition coefficient (Wildman–Crippen LogP) is -0.729. The number of rotatable bonds is 3. The number of carbonyl (C=O) groups is 1. The van der Waals surface area contributed by atoms with Crippen LogP contribution in [0.15, 0.2) is 0 Å². The molecule has 2 saturated heterocycles. The van der Waals surface area contributed by atoms with Crippen molar-refractivity contribution in [1.29, 1.82) is 0 Å². The quantitative estimate of drug-likeness (QED) is 0.701. The molecule has 2 aliphatic heterocycles. The Morgan fingerprint density at radius 3 is 2.94 bits per heavy atom. The molecule has 0 aromatic carbocycles. The smallest absolute Gasteiger partial charge is 0.421 e. The van der Waals surface area contributed by atoms with Gasteiger partial charge in [-0.3, -0.25) is 0 Å². The molecule has 2 aliphatic rings. The molecule has 98 valence electrons. The highest BCUT2D eigenvalue weighted by molar-refractivity contribution is 7.87. The van der Waals surface area contributed by atoms with Crippen LogP contribution in [0.4, 0.5) is 4.79 Å². The largest absolute Gasteiger partial charge is 0.449 e. The maximum Gasteiger partial charge on any atom is 0.421 e. The second-order valence-electron chi connectivity index (χ2n) is 4.25. The first-order valence-corrected chi connectivity index (χ1v) is 7.15. The summed E-state index contributed by atoms with van der Waals surface area (Å²) in [5, 5.41) is 3.25. The first kappa shape index (κ1) is 12.6. The van der Waals surface area contributed by atoms with E-state index in [-0.39, 0.29) is 12.6 Å². The summed E-state index contributed by atoms with van der Waals surface area (Å²) in [6.45, 7) is 3.59. The maximum atomic E-state index is 11.8. The number of ether oxygens (including phenoxy) is 1. The van der Waals surface area contributed by atoms with Crippen molar-refractivity contribution in [3.8, 4) is 0 Å². The number of carbonyl (C=O) groups excluding carboxylic acids is 1. The van der Waals surface area contributed by atoms with Gasteiger partial charge in [-0.05, 0) is 25.8 Å². The molecular formula is C9H17N3O4S. The number of nitrogens with zero attached hydrogens (tertiary/aromatic N) is 1. The number of nitrogens with one attached hydrogen (secondary N) is 2. The van der Waals surface area contributed by atoms with Crippen LogP contribution in [0.3, 0.4) is 0 Å². The lowest BCUT2D eigenvalue weighted by Crippen LogP contribution is -2.44. The third-order valence-corrected chi connectivity index (χ3v) is 4.56. The van der Waals surface area contributed by atoms with Crippen LogP contribution in [0.25, 0.3) is 0 Å². The Kier molecular flexibility index (Phi) is 3.55. The standard InChI is InChI=1S/C9H17N3O4S/c1-2-16-9(13)11-17(14,15)12-5-7-3-4-10-8(7)6-12/h7-8,10H,2-6H2,1H3,(H,11,13)/t7-,8+/m0/s1. The fourth-order valence-electron chi connectivity index (χ4n) is 2.34. The molecular weight excluding hydrogens is 246 g/mol. The predicted molar refractivity (Wildman–Crippen MR) is 60.5 cm³/mol. The highest BCUT2D eigenvalue weighted by Gasteiger charge is 2.41. The van der Waals surface area contributed by atoms with E-state index in [0.717, 1.165) is 13.0 Å². The summed E-state index contributed by atoms with van der Waals surface area (Å²) in [6.07, 6.45) is 0.0633. The Balaban J connectivity index is 1.95. The van der Waals surface area contributed by atoms with Crippen molar-refractivity contribution in [3.05, 3.63) is 0 Å². The topological polar surface area (TPSA) is 87.7 Å². The fourth-order valence-corrected chi connectivity index (χ4v) is 3.48. The highest BCUT2D eigenvalue weighted by Crippen LogP contribution is 2.25. The first-order valence-electron chi connectivity index (χ1n) is 5.71. The molecule has 0 unspecified atom stereocenters. The highest BCUT2D eigenvalue weighted by atomic mass is 32.2. The lowest BCUT2D eigenvalue weighted by atomic mass is 10.1. The zero-order chi connectivity index (χ0) is 12.5. The number of fused-ring (bicyclic) bond motifs is 1. The molecule has 0 aromatic heterocycles. The molecule has 0 bridgehead atoms. The van der Waals surface area contributed by atoms with Crippen molar-refractivity contribution in [2.24, 2.45) is 5.92 Å². The average molecular weight is 263 g/mol. The van der Waals surface area contributed by atoms with Crippen LogP contribution in [-0.2, 0) is 14.9 Å². The molecule has 7 nitrogen and oxygen atoms in total. The SMILES string of the molecule is CCOC(=O)NS(=O)(=O)N1C[C@@H]2CCN[C@@H]2C1. The molecule has 2 heterocycles. The monoisotopic (exact) mass is 263 g/mol. The molecule has 2 N–H and O–H groups in total. The minimum Gasteiger partial charge on any atom is -0.449 e. The molecule has 2 rings (SSSR count). The van der Waals surface area contributed by atoms with Crippen molar-refractivity contribution in [3.63, 3.8) is 0 Å². The molecule has 17 heavy (non-hydrogen) atoms. The van der Waals surface area contributed by atoms with Gasteiger partial charge >= 0.3 is 16.3 Å². The summed E-state index contributed by atoms with van der Waals surface area (Å²) in [4.78, 5) is 11.1. The summed E-state index contributed by atoms with van der Waals surface area (Å²) in [6, 6.07) is 0.216. The van der Waals surface area contributed by atoms with Gasteiger partial charge in [0.15, 0.2) is 0 Å². The van der Waals surface area contributed by atoms with E-state index in [0.29, 0.717) is 19.0 Å². The van der Waals surface area contributed by atoms with Crippen molar-refractivity contribution in [2.75, 3.05) is 26.2 Å². The molecule has 0 saturated carbocycles. The maximum absolute atomic E-state index is 11.8. The summed E-state index contributed by atoms with van der Waals surface area (Å²) in [5.41, 5.74) is 0. The molecule has 0 radical (unpaired) electrons. The number of hydrogen-bond acceptors (Lipinski definition) is 5. The van der Waals surface area contributed by atoms with E-state index in [1.54, 1.807) is 6.92 Å².